The molecule has 0 aliphatic heterocycles. The minimum atomic E-state index is -0.0687. The molecule has 1 amide bonds. The Morgan fingerprint density at radius 3 is 1.81 bits per heavy atom. The number of nitrogens with two attached hydrogens (primary N) is 2. The maximum atomic E-state index is 12.1. The molecule has 3 heterocycles. The molecule has 3 aromatic heterocycles. The number of nitrogens with one attached hydrogen (secondary N) is 4. The van der Waals surface area contributed by atoms with Gasteiger partial charge in [0.2, 0.25) is 5.91 Å². The number of rotatable bonds is 34. The number of hydrogen-bond acceptors (Lipinski definition) is 16. The molecule has 0 saturated heterocycles. The largest absolute Gasteiger partial charge is 0.383 e. The molecular weight excluding hydrogens is 690 g/mol. The van der Waals surface area contributed by atoms with Gasteiger partial charge in [-0.2, -0.15) is 0 Å². The van der Waals surface area contributed by atoms with Crippen LogP contribution in [0.25, 0.3) is 11.0 Å². The normalized spacial score (nSPS) is 11.3. The van der Waals surface area contributed by atoms with Crippen LogP contribution in [0.4, 0.5) is 11.6 Å². The Bertz CT molecular complexity index is 1420. The second kappa shape index (κ2) is 28.6. The molecule has 0 spiro atoms. The summed E-state index contributed by atoms with van der Waals surface area (Å²) < 4.78 is 43.4. The van der Waals surface area contributed by atoms with E-state index < -0.39 is 0 Å². The number of pyridine rings is 1. The molecule has 0 fully saturated rings. The quantitative estimate of drug-likeness (QED) is 0.0371. The van der Waals surface area contributed by atoms with E-state index in [1.54, 1.807) is 12.4 Å². The number of anilines is 2. The van der Waals surface area contributed by atoms with Gasteiger partial charge in [-0.15, -0.1) is 0 Å². The number of aromatic amines is 1. The molecule has 18 nitrogen and oxygen atoms in total. The first kappa shape index (κ1) is 43.6. The highest BCUT2D eigenvalue weighted by molar-refractivity contribution is 6.16. The fourth-order valence-corrected chi connectivity index (χ4v) is 4.66. The van der Waals surface area contributed by atoms with Crippen molar-refractivity contribution in [2.75, 3.05) is 136 Å². The van der Waals surface area contributed by atoms with Crippen LogP contribution >= 0.6 is 0 Å². The summed E-state index contributed by atoms with van der Waals surface area (Å²) in [7, 11) is 0. The molecule has 0 saturated carbocycles. The molecule has 0 unspecified atom stereocenters. The number of carbonyl (C=O) groups excluding carboxylic acids is 1. The van der Waals surface area contributed by atoms with Crippen molar-refractivity contribution in [3.05, 3.63) is 42.0 Å². The first-order valence-electron chi connectivity index (χ1n) is 18.1. The predicted molar refractivity (Wildman–Crippen MR) is 199 cm³/mol. The molecule has 0 aromatic carbocycles. The fraction of sp³-hybridized carbons (Fsp3) is 0.629. The number of fused-ring (bicyclic) bond motifs is 1. The van der Waals surface area contributed by atoms with Gasteiger partial charge in [0.25, 0.3) is 0 Å². The Kier molecular flexibility index (Phi) is 23.5. The van der Waals surface area contributed by atoms with Gasteiger partial charge in [0, 0.05) is 49.4 Å². The molecule has 8 N–H and O–H groups in total. The summed E-state index contributed by atoms with van der Waals surface area (Å²) in [5, 5.41) is 15.8. The number of nitrogens with zero attached hydrogens (tertiary/aromatic N) is 3. The summed E-state index contributed by atoms with van der Waals surface area (Å²) in [6, 6.07) is 3.77. The molecule has 53 heavy (non-hydrogen) atoms. The Morgan fingerprint density at radius 1 is 0.717 bits per heavy atom. The number of carbonyl (C=O) groups is 1. The van der Waals surface area contributed by atoms with Gasteiger partial charge in [-0.1, -0.05) is 0 Å². The van der Waals surface area contributed by atoms with Gasteiger partial charge >= 0.3 is 0 Å². The third kappa shape index (κ3) is 19.2. The van der Waals surface area contributed by atoms with E-state index in [2.05, 4.69) is 30.6 Å². The average molecular weight is 748 g/mol. The topological polar surface area (TPSA) is 245 Å². The lowest BCUT2D eigenvalue weighted by atomic mass is 10.0. The molecule has 0 atom stereocenters. The Balaban J connectivity index is 1.05. The average Bonchev–Trinajstić information content (AvgIpc) is 3.64. The summed E-state index contributed by atoms with van der Waals surface area (Å²) in [5.41, 5.74) is 13.4. The van der Waals surface area contributed by atoms with Crippen molar-refractivity contribution >= 4 is 34.3 Å². The minimum Gasteiger partial charge on any atom is -0.383 e. The molecule has 296 valence electrons. The van der Waals surface area contributed by atoms with E-state index in [-0.39, 0.29) is 23.9 Å². The molecule has 18 heteroatoms. The predicted octanol–water partition coefficient (Wildman–Crippen LogP) is 1.14. The Labute approximate surface area is 310 Å². The van der Waals surface area contributed by atoms with Crippen LogP contribution in [0.3, 0.4) is 0 Å². The van der Waals surface area contributed by atoms with Gasteiger partial charge in [0.05, 0.1) is 117 Å². The zero-order valence-electron chi connectivity index (χ0n) is 30.6. The van der Waals surface area contributed by atoms with Gasteiger partial charge in [0.15, 0.2) is 0 Å². The highest BCUT2D eigenvalue weighted by atomic mass is 16.6. The van der Waals surface area contributed by atoms with Crippen molar-refractivity contribution in [1.29, 1.82) is 5.41 Å². The van der Waals surface area contributed by atoms with Crippen LogP contribution in [0.5, 0.6) is 0 Å². The molecule has 0 bridgehead atoms. The molecule has 0 radical (unpaired) electrons. The first-order chi connectivity index (χ1) is 26.1. The number of nitrogen functional groups attached to an aromatic ring is 1. The van der Waals surface area contributed by atoms with Crippen LogP contribution in [-0.4, -0.2) is 157 Å². The molecule has 3 aromatic rings. The Morgan fingerprint density at radius 2 is 1.25 bits per heavy atom. The van der Waals surface area contributed by atoms with Gasteiger partial charge < -0.3 is 65.0 Å². The summed E-state index contributed by atoms with van der Waals surface area (Å²) in [4.78, 5) is 27.9. The van der Waals surface area contributed by atoms with Crippen LogP contribution in [0.1, 0.15) is 30.4 Å². The highest BCUT2D eigenvalue weighted by Gasteiger charge is 2.17. The maximum Gasteiger partial charge on any atom is 0.222 e. The van der Waals surface area contributed by atoms with Crippen molar-refractivity contribution in [1.82, 2.24) is 25.3 Å². The maximum absolute atomic E-state index is 12.1. The number of H-pyrrole nitrogens is 1. The highest BCUT2D eigenvalue weighted by Crippen LogP contribution is 2.23. The lowest BCUT2D eigenvalue weighted by molar-refractivity contribution is -0.122. The third-order valence-corrected chi connectivity index (χ3v) is 7.37. The number of amides is 1. The molecular formula is C35H57N9O9. The van der Waals surface area contributed by atoms with Crippen molar-refractivity contribution in [3.8, 4) is 0 Å². The third-order valence-electron chi connectivity index (χ3n) is 7.37. The van der Waals surface area contributed by atoms with Crippen molar-refractivity contribution < 1.29 is 42.7 Å². The number of hydrogen-bond donors (Lipinski definition) is 6. The first-order valence-corrected chi connectivity index (χ1v) is 18.1. The molecule has 3 rings (SSSR count). The molecule has 0 aliphatic rings. The van der Waals surface area contributed by atoms with Gasteiger partial charge in [-0.05, 0) is 25.0 Å². The zero-order chi connectivity index (χ0) is 37.6. The van der Waals surface area contributed by atoms with E-state index in [0.717, 1.165) is 23.9 Å². The van der Waals surface area contributed by atoms with Crippen LogP contribution in [0.15, 0.2) is 30.9 Å². The number of unbranched alkanes of at least 4 members (excludes halogenated alkanes) is 1. The molecule has 0 aliphatic carbocycles. The SMILES string of the molecule is N=C(c1cnc2[nH]ccc2c1)c1c(N)ncnc1NCCCCNC(=O)CCOCCOCCOCCOCCOCCOCCOCCOCCN. The number of aromatic nitrogens is 4. The van der Waals surface area contributed by atoms with E-state index in [9.17, 15) is 4.79 Å². The second-order valence-electron chi connectivity index (χ2n) is 11.4. The number of ether oxygens (including phenoxy) is 8. The van der Waals surface area contributed by atoms with Gasteiger partial charge in [-0.3, -0.25) is 10.2 Å². The summed E-state index contributed by atoms with van der Waals surface area (Å²) in [6.45, 7) is 9.27. The fourth-order valence-electron chi connectivity index (χ4n) is 4.66. The van der Waals surface area contributed by atoms with E-state index in [1.807, 2.05) is 12.1 Å². The van der Waals surface area contributed by atoms with Crippen LogP contribution in [0.2, 0.25) is 0 Å². The van der Waals surface area contributed by atoms with E-state index in [0.29, 0.717) is 142 Å². The monoisotopic (exact) mass is 747 g/mol. The smallest absolute Gasteiger partial charge is 0.222 e. The van der Waals surface area contributed by atoms with E-state index >= 15 is 0 Å². The van der Waals surface area contributed by atoms with Crippen LogP contribution in [0, 0.1) is 5.41 Å². The standard InChI is InChI=1S/C35H57N9O9/c36-5-10-47-12-14-49-16-18-51-20-22-53-24-23-52-21-19-50-17-15-48-13-11-46-9-4-30(45)39-6-1-2-7-40-35-31(33(38)43-27-44-35)32(37)29-25-28-3-8-41-34(28)42-26-29/h3,8,25-27,37H,1-2,4-7,9-24,36H2,(H,39,45)(H,41,42)(H3,38,40,43,44). The Hall–Kier alpha value is -3.85. The van der Waals surface area contributed by atoms with E-state index in [1.165, 1.54) is 6.33 Å². The zero-order valence-corrected chi connectivity index (χ0v) is 30.6. The van der Waals surface area contributed by atoms with Crippen molar-refractivity contribution in [3.63, 3.8) is 0 Å². The lowest BCUT2D eigenvalue weighted by Crippen LogP contribution is -2.26. The van der Waals surface area contributed by atoms with Gasteiger partial charge in [0.1, 0.15) is 23.6 Å². The van der Waals surface area contributed by atoms with Crippen molar-refractivity contribution in [2.45, 2.75) is 19.3 Å². The van der Waals surface area contributed by atoms with Gasteiger partial charge in [-0.25, -0.2) is 15.0 Å². The summed E-state index contributed by atoms with van der Waals surface area (Å²) >= 11 is 0. The minimum absolute atomic E-state index is 0.0687. The lowest BCUT2D eigenvalue weighted by Gasteiger charge is -2.13. The van der Waals surface area contributed by atoms with E-state index in [4.69, 9.17) is 54.8 Å². The van der Waals surface area contributed by atoms with Crippen LogP contribution in [-0.2, 0) is 42.7 Å². The summed E-state index contributed by atoms with van der Waals surface area (Å²) in [5.74, 6) is 0.628. The van der Waals surface area contributed by atoms with Crippen LogP contribution < -0.4 is 22.1 Å². The summed E-state index contributed by atoms with van der Waals surface area (Å²) in [6.07, 6.45) is 6.60. The second-order valence-corrected chi connectivity index (χ2v) is 11.4. The van der Waals surface area contributed by atoms with Crippen molar-refractivity contribution in [2.24, 2.45) is 5.73 Å².